The van der Waals surface area contributed by atoms with Crippen LogP contribution >= 0.6 is 0 Å². The van der Waals surface area contributed by atoms with Crippen molar-refractivity contribution in [3.63, 3.8) is 0 Å². The van der Waals surface area contributed by atoms with Crippen molar-refractivity contribution < 1.29 is 14.3 Å². The summed E-state index contributed by atoms with van der Waals surface area (Å²) in [4.78, 5) is 26.1. The molecule has 1 aliphatic heterocycles. The number of hydrogen-bond acceptors (Lipinski definition) is 4. The molecule has 0 radical (unpaired) electrons. The van der Waals surface area contributed by atoms with Crippen LogP contribution in [-0.2, 0) is 22.6 Å². The third-order valence-corrected chi connectivity index (χ3v) is 3.66. The maximum atomic E-state index is 12.4. The fourth-order valence-electron chi connectivity index (χ4n) is 2.56. The lowest BCUT2D eigenvalue weighted by Gasteiger charge is -2.28. The van der Waals surface area contributed by atoms with E-state index in [-0.39, 0.29) is 5.91 Å². The number of carbonyl (C=O) groups excluding carboxylic acids is 2. The summed E-state index contributed by atoms with van der Waals surface area (Å²) >= 11 is 0. The predicted molar refractivity (Wildman–Crippen MR) is 85.7 cm³/mol. The molecule has 0 unspecified atom stereocenters. The Hall–Kier alpha value is -2.05. The van der Waals surface area contributed by atoms with E-state index in [4.69, 9.17) is 4.74 Å². The van der Waals surface area contributed by atoms with Gasteiger partial charge in [0.15, 0.2) is 0 Å². The summed E-state index contributed by atoms with van der Waals surface area (Å²) in [7, 11) is 0. The van der Waals surface area contributed by atoms with Gasteiger partial charge in [-0.1, -0.05) is 0 Å². The molecular formula is C16H26N4O3. The Morgan fingerprint density at radius 1 is 1.43 bits per heavy atom. The highest BCUT2D eigenvalue weighted by Crippen LogP contribution is 2.21. The Bertz CT molecular complexity index is 562. The van der Waals surface area contributed by atoms with Crippen LogP contribution in [-0.4, -0.2) is 44.9 Å². The first-order valence-electron chi connectivity index (χ1n) is 8.09. The quantitative estimate of drug-likeness (QED) is 0.919. The highest BCUT2D eigenvalue weighted by atomic mass is 16.6. The van der Waals surface area contributed by atoms with Gasteiger partial charge < -0.3 is 10.1 Å². The number of carbonyl (C=O) groups is 2. The Balaban J connectivity index is 1.91. The Morgan fingerprint density at radius 2 is 2.17 bits per heavy atom. The maximum absolute atomic E-state index is 12.4. The normalized spacial score (nSPS) is 18.1. The first kappa shape index (κ1) is 17.3. The number of nitrogens with one attached hydrogen (secondary N) is 1. The number of rotatable bonds is 4. The minimum atomic E-state index is -0.560. The molecule has 7 heteroatoms. The molecule has 1 saturated heterocycles. The van der Waals surface area contributed by atoms with Crippen LogP contribution in [0.2, 0.25) is 0 Å². The number of aromatic nitrogens is 2. The van der Waals surface area contributed by atoms with E-state index in [1.165, 1.54) is 4.90 Å². The van der Waals surface area contributed by atoms with Gasteiger partial charge >= 0.3 is 6.09 Å². The topological polar surface area (TPSA) is 76.5 Å². The molecule has 1 fully saturated rings. The van der Waals surface area contributed by atoms with Crippen LogP contribution < -0.4 is 5.32 Å². The van der Waals surface area contributed by atoms with E-state index in [9.17, 15) is 9.59 Å². The molecule has 1 aliphatic rings. The average Bonchev–Trinajstić information content (AvgIpc) is 3.11. The number of nitrogens with zero attached hydrogens (tertiary/aromatic N) is 3. The fraction of sp³-hybridized carbons (Fsp3) is 0.688. The molecule has 2 amide bonds. The monoisotopic (exact) mass is 322 g/mol. The molecule has 23 heavy (non-hydrogen) atoms. The summed E-state index contributed by atoms with van der Waals surface area (Å²) in [5, 5.41) is 7.06. The van der Waals surface area contributed by atoms with Crippen LogP contribution in [0, 0.1) is 0 Å². The number of amides is 2. The lowest BCUT2D eigenvalue weighted by atomic mass is 10.2. The SMILES string of the molecule is CCn1cc(CNC(=O)[C@@H]2CCCN2C(=O)OC(C)(C)C)cn1. The third kappa shape index (κ3) is 4.71. The third-order valence-electron chi connectivity index (χ3n) is 3.66. The molecule has 1 aromatic heterocycles. The minimum absolute atomic E-state index is 0.141. The van der Waals surface area contributed by atoms with Gasteiger partial charge in [-0.25, -0.2) is 4.79 Å². The van der Waals surface area contributed by atoms with Crippen LogP contribution in [0.5, 0.6) is 0 Å². The van der Waals surface area contributed by atoms with Gasteiger partial charge in [0.1, 0.15) is 11.6 Å². The largest absolute Gasteiger partial charge is 0.444 e. The zero-order valence-corrected chi connectivity index (χ0v) is 14.3. The van der Waals surface area contributed by atoms with Crippen LogP contribution in [0.25, 0.3) is 0 Å². The predicted octanol–water partition coefficient (Wildman–Crippen LogP) is 1.92. The smallest absolute Gasteiger partial charge is 0.410 e. The second-order valence-electron chi connectivity index (χ2n) is 6.75. The highest BCUT2D eigenvalue weighted by molar-refractivity contribution is 5.86. The molecule has 1 aromatic rings. The van der Waals surface area contributed by atoms with E-state index in [0.29, 0.717) is 19.5 Å². The van der Waals surface area contributed by atoms with Gasteiger partial charge in [-0.3, -0.25) is 14.4 Å². The number of ether oxygens (including phenoxy) is 1. The zero-order chi connectivity index (χ0) is 17.0. The molecule has 7 nitrogen and oxygen atoms in total. The van der Waals surface area contributed by atoms with E-state index in [1.54, 1.807) is 6.20 Å². The molecule has 0 aliphatic carbocycles. The Morgan fingerprint density at radius 3 is 2.78 bits per heavy atom. The van der Waals surface area contributed by atoms with Crippen molar-refractivity contribution in [2.24, 2.45) is 0 Å². The van der Waals surface area contributed by atoms with E-state index < -0.39 is 17.7 Å². The van der Waals surface area contributed by atoms with Gasteiger partial charge in [0, 0.05) is 31.4 Å². The van der Waals surface area contributed by atoms with Crippen molar-refractivity contribution in [2.75, 3.05) is 6.54 Å². The molecule has 0 spiro atoms. The van der Waals surface area contributed by atoms with E-state index in [2.05, 4.69) is 10.4 Å². The number of aryl methyl sites for hydroxylation is 1. The van der Waals surface area contributed by atoms with Crippen molar-refractivity contribution >= 4 is 12.0 Å². The van der Waals surface area contributed by atoms with Gasteiger partial charge in [-0.05, 0) is 40.5 Å². The van der Waals surface area contributed by atoms with Crippen molar-refractivity contribution in [3.05, 3.63) is 18.0 Å². The first-order valence-corrected chi connectivity index (χ1v) is 8.09. The minimum Gasteiger partial charge on any atom is -0.444 e. The van der Waals surface area contributed by atoms with Crippen LogP contribution in [0.1, 0.15) is 46.1 Å². The molecule has 0 aromatic carbocycles. The van der Waals surface area contributed by atoms with Crippen LogP contribution in [0.15, 0.2) is 12.4 Å². The molecular weight excluding hydrogens is 296 g/mol. The summed E-state index contributed by atoms with van der Waals surface area (Å²) < 4.78 is 7.19. The van der Waals surface area contributed by atoms with Crippen LogP contribution in [0.4, 0.5) is 4.79 Å². The van der Waals surface area contributed by atoms with E-state index in [0.717, 1.165) is 18.5 Å². The molecule has 128 valence electrons. The summed E-state index contributed by atoms with van der Waals surface area (Å²) in [6.45, 7) is 9.23. The Labute approximate surface area is 137 Å². The zero-order valence-electron chi connectivity index (χ0n) is 14.3. The first-order chi connectivity index (χ1) is 10.8. The molecule has 0 bridgehead atoms. The number of likely N-dealkylation sites (tertiary alicyclic amines) is 1. The highest BCUT2D eigenvalue weighted by Gasteiger charge is 2.36. The second kappa shape index (κ2) is 7.02. The fourth-order valence-corrected chi connectivity index (χ4v) is 2.56. The molecule has 2 rings (SSSR count). The van der Waals surface area contributed by atoms with E-state index >= 15 is 0 Å². The standard InChI is InChI=1S/C16H26N4O3/c1-5-19-11-12(10-18-19)9-17-14(21)13-7-6-8-20(13)15(22)23-16(2,3)4/h10-11,13H,5-9H2,1-4H3,(H,17,21)/t13-/m0/s1. The summed E-state index contributed by atoms with van der Waals surface area (Å²) in [6.07, 6.45) is 4.70. The molecule has 0 saturated carbocycles. The van der Waals surface area contributed by atoms with Crippen molar-refractivity contribution in [1.29, 1.82) is 0 Å². The van der Waals surface area contributed by atoms with Gasteiger partial charge in [0.25, 0.3) is 0 Å². The lowest BCUT2D eigenvalue weighted by Crippen LogP contribution is -2.47. The van der Waals surface area contributed by atoms with Gasteiger partial charge in [-0.2, -0.15) is 5.10 Å². The summed E-state index contributed by atoms with van der Waals surface area (Å²) in [5.41, 5.74) is 0.386. The molecule has 1 N–H and O–H groups in total. The summed E-state index contributed by atoms with van der Waals surface area (Å²) in [5.74, 6) is -0.141. The molecule has 1 atom stereocenters. The Kier molecular flexibility index (Phi) is 5.28. The second-order valence-corrected chi connectivity index (χ2v) is 6.75. The number of hydrogen-bond donors (Lipinski definition) is 1. The van der Waals surface area contributed by atoms with Crippen molar-refractivity contribution in [1.82, 2.24) is 20.0 Å². The van der Waals surface area contributed by atoms with Crippen molar-refractivity contribution in [3.8, 4) is 0 Å². The van der Waals surface area contributed by atoms with Crippen LogP contribution in [0.3, 0.4) is 0 Å². The lowest BCUT2D eigenvalue weighted by molar-refractivity contribution is -0.125. The van der Waals surface area contributed by atoms with Gasteiger partial charge in [0.2, 0.25) is 5.91 Å². The summed E-state index contributed by atoms with van der Waals surface area (Å²) in [6, 6.07) is -0.453. The van der Waals surface area contributed by atoms with Gasteiger partial charge in [-0.15, -0.1) is 0 Å². The average molecular weight is 322 g/mol. The molecule has 2 heterocycles. The maximum Gasteiger partial charge on any atom is 0.410 e. The van der Waals surface area contributed by atoms with Crippen molar-refractivity contribution in [2.45, 2.75) is 65.3 Å². The van der Waals surface area contributed by atoms with E-state index in [1.807, 2.05) is 38.6 Å². The van der Waals surface area contributed by atoms with Gasteiger partial charge in [0.05, 0.1) is 6.20 Å².